The highest BCUT2D eigenvalue weighted by molar-refractivity contribution is 6.05. The van der Waals surface area contributed by atoms with Crippen molar-refractivity contribution in [2.45, 2.75) is 64.0 Å². The van der Waals surface area contributed by atoms with Gasteiger partial charge in [-0.05, 0) is 47.7 Å². The average Bonchev–Trinajstić information content (AvgIpc) is 3.16. The van der Waals surface area contributed by atoms with Crippen LogP contribution in [0.1, 0.15) is 65.7 Å². The Morgan fingerprint density at radius 3 is 2.42 bits per heavy atom. The Balaban J connectivity index is 1.31. The van der Waals surface area contributed by atoms with Gasteiger partial charge in [-0.3, -0.25) is 24.6 Å². The number of nitrogens with one attached hydrogen (secondary N) is 1. The Hall–Kier alpha value is -3.24. The minimum Gasteiger partial charge on any atom is -0.385 e. The third kappa shape index (κ3) is 4.60. The van der Waals surface area contributed by atoms with Gasteiger partial charge in [0, 0.05) is 43.6 Å². The van der Waals surface area contributed by atoms with Gasteiger partial charge < -0.3 is 10.0 Å². The van der Waals surface area contributed by atoms with Crippen molar-refractivity contribution >= 4 is 17.7 Å². The zero-order valence-electron chi connectivity index (χ0n) is 21.3. The molecule has 0 saturated carbocycles. The van der Waals surface area contributed by atoms with Crippen molar-refractivity contribution in [2.75, 3.05) is 13.1 Å². The summed E-state index contributed by atoms with van der Waals surface area (Å²) < 4.78 is 38.7. The van der Waals surface area contributed by atoms with Gasteiger partial charge in [0.25, 0.3) is 5.91 Å². The Labute approximate surface area is 218 Å². The second-order valence-electron chi connectivity index (χ2n) is 11.2. The summed E-state index contributed by atoms with van der Waals surface area (Å²) in [5.41, 5.74) is 0.201. The standard InChI is InChI=1S/C28H30F3N3O4/c1-26(2)16-33(14-17-3-5-19(6-4-17)28(29,30)31)12-11-27(26,38)20-7-8-21-18(13-20)15-34(25(21)37)22-9-10-23(35)32-24(22)36/h3-8,13,22,38H,9-12,14-16H2,1-2H3,(H,32,35,36)/t22?,27-/m0/s1. The van der Waals surface area contributed by atoms with Gasteiger partial charge in [-0.15, -0.1) is 0 Å². The number of hydrogen-bond acceptors (Lipinski definition) is 5. The van der Waals surface area contributed by atoms with Crippen LogP contribution in [-0.4, -0.2) is 51.8 Å². The molecule has 10 heteroatoms. The number of nitrogens with zero attached hydrogens (tertiary/aromatic N) is 2. The molecule has 2 aromatic rings. The minimum atomic E-state index is -4.37. The van der Waals surface area contributed by atoms with Crippen LogP contribution >= 0.6 is 0 Å². The van der Waals surface area contributed by atoms with Gasteiger partial charge >= 0.3 is 6.18 Å². The monoisotopic (exact) mass is 529 g/mol. The van der Waals surface area contributed by atoms with Crippen LogP contribution in [0.3, 0.4) is 0 Å². The van der Waals surface area contributed by atoms with Crippen LogP contribution in [0.25, 0.3) is 0 Å². The summed E-state index contributed by atoms with van der Waals surface area (Å²) in [5, 5.41) is 14.2. The van der Waals surface area contributed by atoms with Gasteiger partial charge in [-0.25, -0.2) is 0 Å². The number of carbonyl (C=O) groups is 3. The largest absolute Gasteiger partial charge is 0.416 e. The van der Waals surface area contributed by atoms with Crippen molar-refractivity contribution in [1.29, 1.82) is 0 Å². The van der Waals surface area contributed by atoms with E-state index in [9.17, 15) is 32.7 Å². The lowest BCUT2D eigenvalue weighted by Gasteiger charge is -2.50. The van der Waals surface area contributed by atoms with Gasteiger partial charge in [-0.2, -0.15) is 13.2 Å². The Kier molecular flexibility index (Phi) is 6.38. The van der Waals surface area contributed by atoms with E-state index in [0.717, 1.165) is 23.3 Å². The van der Waals surface area contributed by atoms with E-state index in [-0.39, 0.29) is 31.2 Å². The van der Waals surface area contributed by atoms with Gasteiger partial charge in [0.05, 0.1) is 11.2 Å². The molecule has 38 heavy (non-hydrogen) atoms. The van der Waals surface area contributed by atoms with Gasteiger partial charge in [0.2, 0.25) is 11.8 Å². The smallest absolute Gasteiger partial charge is 0.385 e. The molecule has 1 unspecified atom stereocenters. The number of amides is 3. The van der Waals surface area contributed by atoms with Crippen LogP contribution in [0.2, 0.25) is 0 Å². The number of piperidine rings is 2. The summed E-state index contributed by atoms with van der Waals surface area (Å²) in [6.07, 6.45) is -3.51. The van der Waals surface area contributed by atoms with E-state index in [0.29, 0.717) is 37.2 Å². The normalized spacial score (nSPS) is 25.9. The van der Waals surface area contributed by atoms with Gasteiger partial charge in [0.15, 0.2) is 0 Å². The highest BCUT2D eigenvalue weighted by Gasteiger charge is 2.49. The summed E-state index contributed by atoms with van der Waals surface area (Å²) in [5.74, 6) is -1.08. The van der Waals surface area contributed by atoms with Crippen LogP contribution < -0.4 is 5.32 Å². The third-order valence-corrected chi connectivity index (χ3v) is 8.22. The molecular weight excluding hydrogens is 499 g/mol. The number of alkyl halides is 3. The van der Waals surface area contributed by atoms with Crippen molar-refractivity contribution in [3.8, 4) is 0 Å². The number of imide groups is 1. The van der Waals surface area contributed by atoms with Crippen LogP contribution in [0.5, 0.6) is 0 Å². The molecule has 5 rings (SSSR count). The topological polar surface area (TPSA) is 89.9 Å². The molecule has 0 bridgehead atoms. The molecule has 2 fully saturated rings. The first-order valence-electron chi connectivity index (χ1n) is 12.7. The molecule has 3 amide bonds. The van der Waals surface area contributed by atoms with Crippen LogP contribution in [0, 0.1) is 5.41 Å². The molecule has 0 radical (unpaired) electrons. The van der Waals surface area contributed by atoms with Crippen molar-refractivity contribution in [1.82, 2.24) is 15.1 Å². The Morgan fingerprint density at radius 2 is 1.79 bits per heavy atom. The number of likely N-dealkylation sites (tertiary alicyclic amines) is 1. The maximum absolute atomic E-state index is 13.0. The number of carbonyl (C=O) groups excluding carboxylic acids is 3. The number of rotatable bonds is 4. The first-order chi connectivity index (χ1) is 17.8. The van der Waals surface area contributed by atoms with Crippen LogP contribution in [-0.2, 0) is 34.5 Å². The van der Waals surface area contributed by atoms with E-state index in [4.69, 9.17) is 0 Å². The third-order valence-electron chi connectivity index (χ3n) is 8.22. The Morgan fingerprint density at radius 1 is 1.08 bits per heavy atom. The fraction of sp³-hybridized carbons (Fsp3) is 0.464. The molecule has 3 aliphatic heterocycles. The van der Waals surface area contributed by atoms with E-state index in [1.54, 1.807) is 12.1 Å². The van der Waals surface area contributed by atoms with Crippen molar-refractivity contribution in [3.63, 3.8) is 0 Å². The summed E-state index contributed by atoms with van der Waals surface area (Å²) in [6.45, 7) is 5.67. The second-order valence-corrected chi connectivity index (χ2v) is 11.2. The first kappa shape index (κ1) is 26.4. The van der Waals surface area contributed by atoms with Gasteiger partial charge in [0.1, 0.15) is 6.04 Å². The number of hydrogen-bond donors (Lipinski definition) is 2. The van der Waals surface area contributed by atoms with Crippen molar-refractivity contribution in [3.05, 3.63) is 70.3 Å². The minimum absolute atomic E-state index is 0.179. The molecule has 0 aromatic heterocycles. The number of halogens is 3. The molecule has 202 valence electrons. The van der Waals surface area contributed by atoms with Crippen molar-refractivity contribution in [2.24, 2.45) is 5.41 Å². The molecule has 2 atom stereocenters. The first-order valence-corrected chi connectivity index (χ1v) is 12.7. The summed E-state index contributed by atoms with van der Waals surface area (Å²) in [7, 11) is 0. The SMILES string of the molecule is CC1(C)CN(Cc2ccc(C(F)(F)F)cc2)CC[C@]1(O)c1ccc2c(c1)CN(C1CCC(=O)NC1=O)C2=O. The van der Waals surface area contributed by atoms with Gasteiger partial charge in [-0.1, -0.05) is 38.1 Å². The summed E-state index contributed by atoms with van der Waals surface area (Å²) in [4.78, 5) is 40.5. The van der Waals surface area contributed by atoms with E-state index in [1.807, 2.05) is 19.9 Å². The lowest BCUT2D eigenvalue weighted by molar-refractivity contribution is -0.138. The van der Waals surface area contributed by atoms with Crippen LogP contribution in [0.15, 0.2) is 42.5 Å². The summed E-state index contributed by atoms with van der Waals surface area (Å²) >= 11 is 0. The van der Waals surface area contributed by atoms with E-state index < -0.39 is 34.7 Å². The maximum atomic E-state index is 13.0. The molecule has 3 heterocycles. The number of fused-ring (bicyclic) bond motifs is 1. The van der Waals surface area contributed by atoms with Crippen molar-refractivity contribution < 1.29 is 32.7 Å². The zero-order valence-corrected chi connectivity index (χ0v) is 21.3. The Bertz CT molecular complexity index is 1290. The molecule has 3 aliphatic rings. The quantitative estimate of drug-likeness (QED) is 0.591. The fourth-order valence-electron chi connectivity index (χ4n) is 5.99. The highest BCUT2D eigenvalue weighted by Crippen LogP contribution is 2.47. The molecule has 7 nitrogen and oxygen atoms in total. The molecule has 2 N–H and O–H groups in total. The molecule has 2 aromatic carbocycles. The molecule has 2 saturated heterocycles. The van der Waals surface area contributed by atoms with Crippen LogP contribution in [0.4, 0.5) is 13.2 Å². The second kappa shape index (κ2) is 9.20. The molecule has 0 spiro atoms. The average molecular weight is 530 g/mol. The predicted molar refractivity (Wildman–Crippen MR) is 132 cm³/mol. The molecular formula is C28H30F3N3O4. The lowest BCUT2D eigenvalue weighted by Crippen LogP contribution is -2.55. The number of benzene rings is 2. The lowest BCUT2D eigenvalue weighted by atomic mass is 9.66. The molecule has 0 aliphatic carbocycles. The zero-order chi connectivity index (χ0) is 27.5. The predicted octanol–water partition coefficient (Wildman–Crippen LogP) is 3.59. The van der Waals surface area contributed by atoms with E-state index >= 15 is 0 Å². The fourth-order valence-corrected chi connectivity index (χ4v) is 5.99. The number of aliphatic hydroxyl groups is 1. The highest BCUT2D eigenvalue weighted by atomic mass is 19.4. The maximum Gasteiger partial charge on any atom is 0.416 e. The van der Waals surface area contributed by atoms with E-state index in [2.05, 4.69) is 10.2 Å². The summed E-state index contributed by atoms with van der Waals surface area (Å²) in [6, 6.07) is 9.75. The van der Waals surface area contributed by atoms with E-state index in [1.165, 1.54) is 17.0 Å².